The van der Waals surface area contributed by atoms with E-state index in [9.17, 15) is 9.59 Å². The average molecular weight is 543 g/mol. The van der Waals surface area contributed by atoms with Crippen LogP contribution in [0.2, 0.25) is 0 Å². The second-order valence-electron chi connectivity index (χ2n) is 8.44. The van der Waals surface area contributed by atoms with Gasteiger partial charge >= 0.3 is 12.3 Å². The van der Waals surface area contributed by atoms with Crippen molar-refractivity contribution in [2.75, 3.05) is 13.2 Å². The molecule has 2 aliphatic heterocycles. The molecule has 0 aromatic heterocycles. The fourth-order valence-electron chi connectivity index (χ4n) is 3.15. The quantitative estimate of drug-likeness (QED) is 0.105. The van der Waals surface area contributed by atoms with Crippen LogP contribution in [-0.2, 0) is 18.9 Å². The molecular formula is C34H38O6. The van der Waals surface area contributed by atoms with Crippen molar-refractivity contribution in [2.24, 2.45) is 0 Å². The maximum absolute atomic E-state index is 10.8. The van der Waals surface area contributed by atoms with E-state index in [-0.39, 0.29) is 12.2 Å². The van der Waals surface area contributed by atoms with Crippen molar-refractivity contribution in [2.45, 2.75) is 37.9 Å². The number of unbranched alkanes of at least 4 members (excludes halogenated alkanes) is 1. The Morgan fingerprint density at radius 3 is 0.975 bits per heavy atom. The highest BCUT2D eigenvalue weighted by molar-refractivity contribution is 5.62. The molecule has 40 heavy (non-hydrogen) atoms. The van der Waals surface area contributed by atoms with Crippen molar-refractivity contribution in [3.63, 3.8) is 0 Å². The Balaban J connectivity index is 1.43. The summed E-state index contributed by atoms with van der Waals surface area (Å²) in [6.07, 6.45) is 49.4. The Morgan fingerprint density at radius 2 is 0.700 bits per heavy atom. The van der Waals surface area contributed by atoms with Gasteiger partial charge in [0.2, 0.25) is 0 Å². The highest BCUT2D eigenvalue weighted by atomic mass is 16.8. The van der Waals surface area contributed by atoms with Gasteiger partial charge in [0.25, 0.3) is 0 Å². The summed E-state index contributed by atoms with van der Waals surface area (Å²) in [5.74, 6) is 0. The van der Waals surface area contributed by atoms with Crippen molar-refractivity contribution < 1.29 is 28.5 Å². The lowest BCUT2D eigenvalue weighted by molar-refractivity contribution is 0.117. The first-order chi connectivity index (χ1) is 19.7. The van der Waals surface area contributed by atoms with Crippen LogP contribution < -0.4 is 0 Å². The first kappa shape index (κ1) is 31.6. The number of carbonyl (C=O) groups is 2. The molecule has 0 bridgehead atoms. The van der Waals surface area contributed by atoms with Crippen LogP contribution in [-0.4, -0.2) is 37.7 Å². The Kier molecular flexibility index (Phi) is 17.7. The third-order valence-electron chi connectivity index (χ3n) is 5.14. The van der Waals surface area contributed by atoms with Gasteiger partial charge in [0.05, 0.1) is 0 Å². The van der Waals surface area contributed by atoms with Crippen molar-refractivity contribution in [1.82, 2.24) is 0 Å². The Labute approximate surface area is 237 Å². The highest BCUT2D eigenvalue weighted by Crippen LogP contribution is 2.10. The van der Waals surface area contributed by atoms with E-state index in [4.69, 9.17) is 18.9 Å². The smallest absolute Gasteiger partial charge is 0.430 e. The molecule has 0 aliphatic carbocycles. The molecule has 0 radical (unpaired) electrons. The minimum Gasteiger partial charge on any atom is -0.430 e. The van der Waals surface area contributed by atoms with E-state index in [1.807, 2.05) is 128 Å². The van der Waals surface area contributed by atoms with Crippen LogP contribution in [0.3, 0.4) is 0 Å². The van der Waals surface area contributed by atoms with Crippen LogP contribution in [0.5, 0.6) is 0 Å². The number of hydrogen-bond acceptors (Lipinski definition) is 6. The van der Waals surface area contributed by atoms with E-state index in [0.29, 0.717) is 26.1 Å². The number of carbonyl (C=O) groups excluding carboxylic acids is 2. The lowest BCUT2D eigenvalue weighted by atomic mass is 10.2. The molecule has 2 rings (SSSR count). The van der Waals surface area contributed by atoms with E-state index in [1.165, 1.54) is 0 Å². The number of ether oxygens (including phenoxy) is 4. The van der Waals surface area contributed by atoms with E-state index in [1.54, 1.807) is 0 Å². The molecule has 0 spiro atoms. The Hall–Kier alpha value is -4.58. The summed E-state index contributed by atoms with van der Waals surface area (Å²) in [7, 11) is 0. The number of cyclic esters (lactones) is 4. The predicted molar refractivity (Wildman–Crippen MR) is 161 cm³/mol. The summed E-state index contributed by atoms with van der Waals surface area (Å²) in [5.41, 5.74) is 0. The van der Waals surface area contributed by atoms with Gasteiger partial charge in [-0.05, 0) is 12.8 Å². The van der Waals surface area contributed by atoms with Gasteiger partial charge in [-0.2, -0.15) is 0 Å². The maximum atomic E-state index is 10.8. The fraction of sp³-hybridized carbons (Fsp3) is 0.235. The van der Waals surface area contributed by atoms with Crippen molar-refractivity contribution in [3.8, 4) is 0 Å². The molecule has 6 heteroatoms. The summed E-state index contributed by atoms with van der Waals surface area (Å²) < 4.78 is 19.3. The van der Waals surface area contributed by atoms with Gasteiger partial charge in [-0.25, -0.2) is 9.59 Å². The zero-order chi connectivity index (χ0) is 28.4. The van der Waals surface area contributed by atoms with Crippen molar-refractivity contribution >= 4 is 12.3 Å². The fourth-order valence-corrected chi connectivity index (χ4v) is 3.15. The van der Waals surface area contributed by atoms with Gasteiger partial charge < -0.3 is 18.9 Å². The van der Waals surface area contributed by atoms with E-state index in [2.05, 4.69) is 18.2 Å². The predicted octanol–water partition coefficient (Wildman–Crippen LogP) is 8.29. The molecule has 2 saturated heterocycles. The standard InChI is InChI=1S/C34H38O6/c35-33-37-29-31(39-33)27-25-23-21-19-17-15-13-11-9-7-5-3-1-2-4-6-8-10-12-14-16-18-20-22-24-26-28-32-30-38-34(36)40-32/h1-7,9,11-26,31-32H,8,10,27-30H2/b2-1+,5-3+,6-4+,9-7+,13-11+,14-12+,17-15+,18-16+,21-19+,22-20+,25-23+,26-24+. The summed E-state index contributed by atoms with van der Waals surface area (Å²) in [6.45, 7) is 0.656. The summed E-state index contributed by atoms with van der Waals surface area (Å²) >= 11 is 0. The van der Waals surface area contributed by atoms with Crippen LogP contribution in [0, 0.1) is 0 Å². The first-order valence-electron chi connectivity index (χ1n) is 13.4. The summed E-state index contributed by atoms with van der Waals surface area (Å²) in [4.78, 5) is 21.6. The van der Waals surface area contributed by atoms with E-state index in [0.717, 1.165) is 12.8 Å². The molecule has 2 atom stereocenters. The second-order valence-corrected chi connectivity index (χ2v) is 8.44. The number of allylic oxidation sites excluding steroid dienone is 22. The average Bonchev–Trinajstić information content (AvgIpc) is 3.57. The number of rotatable bonds is 17. The molecular weight excluding hydrogens is 504 g/mol. The third-order valence-corrected chi connectivity index (χ3v) is 5.14. The summed E-state index contributed by atoms with van der Waals surface area (Å²) in [6, 6.07) is 0. The van der Waals surface area contributed by atoms with Crippen LogP contribution in [0.1, 0.15) is 25.7 Å². The minimum atomic E-state index is -0.585. The molecule has 2 aliphatic rings. The zero-order valence-electron chi connectivity index (χ0n) is 22.7. The molecule has 0 saturated carbocycles. The molecule has 0 N–H and O–H groups in total. The van der Waals surface area contributed by atoms with Crippen LogP contribution >= 0.6 is 0 Å². The molecule has 6 nitrogen and oxygen atoms in total. The first-order valence-corrected chi connectivity index (χ1v) is 13.4. The lowest BCUT2D eigenvalue weighted by Gasteiger charge is -1.99. The topological polar surface area (TPSA) is 71.1 Å². The van der Waals surface area contributed by atoms with Gasteiger partial charge in [-0.15, -0.1) is 0 Å². The van der Waals surface area contributed by atoms with E-state index >= 15 is 0 Å². The monoisotopic (exact) mass is 542 g/mol. The molecule has 0 aromatic carbocycles. The Bertz CT molecular complexity index is 1110. The van der Waals surface area contributed by atoms with Crippen molar-refractivity contribution in [3.05, 3.63) is 146 Å². The third kappa shape index (κ3) is 17.8. The molecule has 0 aromatic rings. The van der Waals surface area contributed by atoms with Crippen LogP contribution in [0.25, 0.3) is 0 Å². The minimum absolute atomic E-state index is 0.166. The molecule has 2 unspecified atom stereocenters. The second kappa shape index (κ2) is 22.4. The highest BCUT2D eigenvalue weighted by Gasteiger charge is 2.23. The largest absolute Gasteiger partial charge is 0.508 e. The van der Waals surface area contributed by atoms with Gasteiger partial charge in [-0.1, -0.05) is 146 Å². The van der Waals surface area contributed by atoms with E-state index < -0.39 is 12.3 Å². The maximum Gasteiger partial charge on any atom is 0.508 e. The Morgan fingerprint density at radius 1 is 0.425 bits per heavy atom. The summed E-state index contributed by atoms with van der Waals surface area (Å²) in [5, 5.41) is 0. The van der Waals surface area contributed by atoms with Crippen LogP contribution in [0.4, 0.5) is 9.59 Å². The SMILES string of the molecule is O=C1OCC(C/C=C/C=C/C=C/C=C/C=C/C=C/C=C/C=C/CC/C=C/C=C/C=C/C=C/CC2COC(=O)O2)O1. The van der Waals surface area contributed by atoms with Crippen LogP contribution in [0.15, 0.2) is 146 Å². The number of hydrogen-bond donors (Lipinski definition) is 0. The molecule has 0 amide bonds. The van der Waals surface area contributed by atoms with Gasteiger partial charge in [0.15, 0.2) is 0 Å². The molecule has 210 valence electrons. The normalized spacial score (nSPS) is 20.9. The van der Waals surface area contributed by atoms with Gasteiger partial charge in [-0.3, -0.25) is 0 Å². The van der Waals surface area contributed by atoms with Crippen molar-refractivity contribution in [1.29, 1.82) is 0 Å². The zero-order valence-corrected chi connectivity index (χ0v) is 22.7. The lowest BCUT2D eigenvalue weighted by Crippen LogP contribution is -2.07. The molecule has 2 fully saturated rings. The van der Waals surface area contributed by atoms with Gasteiger partial charge in [0.1, 0.15) is 25.4 Å². The van der Waals surface area contributed by atoms with Gasteiger partial charge in [0, 0.05) is 12.8 Å². The molecule has 2 heterocycles.